The highest BCUT2D eigenvalue weighted by atomic mass is 32.2. The van der Waals surface area contributed by atoms with Crippen molar-refractivity contribution >= 4 is 24.7 Å². The number of hydrogen-bond donors (Lipinski definition) is 0. The minimum absolute atomic E-state index is 0.136. The third kappa shape index (κ3) is 5.42. The molecule has 0 amide bonds. The molecular formula is C10H23N2O3PS. The zero-order valence-electron chi connectivity index (χ0n) is 11.5. The summed E-state index contributed by atoms with van der Waals surface area (Å²) in [6.45, 7) is 8.19. The van der Waals surface area contributed by atoms with E-state index in [1.54, 1.807) is 20.9 Å². The van der Waals surface area contributed by atoms with E-state index in [0.717, 1.165) is 0 Å². The maximum absolute atomic E-state index is 12.5. The molecule has 0 aromatic carbocycles. The molecule has 0 heterocycles. The van der Waals surface area contributed by atoms with Crippen molar-refractivity contribution in [3.8, 4) is 0 Å². The molecule has 0 aliphatic rings. The van der Waals surface area contributed by atoms with Gasteiger partial charge in [-0.2, -0.15) is 0 Å². The summed E-state index contributed by atoms with van der Waals surface area (Å²) in [6.07, 6.45) is 1.89. The predicted octanol–water partition coefficient (Wildman–Crippen LogP) is 3.23. The topological polar surface area (TPSA) is 51.1 Å². The van der Waals surface area contributed by atoms with Crippen molar-refractivity contribution in [2.24, 2.45) is 4.99 Å². The van der Waals surface area contributed by atoms with Crippen molar-refractivity contribution in [3.05, 3.63) is 0 Å². The minimum atomic E-state index is -3.26. The number of amidine groups is 1. The van der Waals surface area contributed by atoms with Crippen LogP contribution in [0.1, 0.15) is 27.7 Å². The summed E-state index contributed by atoms with van der Waals surface area (Å²) < 4.78 is 24.5. The molecule has 5 nitrogen and oxygen atoms in total. The maximum Gasteiger partial charge on any atom is 0.436 e. The van der Waals surface area contributed by atoms with Crippen LogP contribution >= 0.6 is 19.5 Å². The van der Waals surface area contributed by atoms with Crippen LogP contribution in [0.25, 0.3) is 0 Å². The first-order chi connectivity index (χ1) is 7.91. The third-order valence-electron chi connectivity index (χ3n) is 1.78. The highest BCUT2D eigenvalue weighted by molar-refractivity contribution is 8.13. The Morgan fingerprint density at radius 1 is 1.35 bits per heavy atom. The summed E-state index contributed by atoms with van der Waals surface area (Å²) in [5, 5.41) is 0.658. The summed E-state index contributed by atoms with van der Waals surface area (Å²) >= 11 is 1.43. The van der Waals surface area contributed by atoms with E-state index in [4.69, 9.17) is 9.05 Å². The first-order valence-electron chi connectivity index (χ1n) is 5.66. The van der Waals surface area contributed by atoms with Crippen molar-refractivity contribution in [2.45, 2.75) is 33.7 Å². The van der Waals surface area contributed by atoms with Crippen LogP contribution in [-0.2, 0) is 13.6 Å². The molecule has 0 saturated heterocycles. The first kappa shape index (κ1) is 17.0. The SMILES string of the molecule is CCOP(=O)(OCC)N(C)C(=NC(C)C)SC. The van der Waals surface area contributed by atoms with Gasteiger partial charge in [-0.25, -0.2) is 4.57 Å². The van der Waals surface area contributed by atoms with Gasteiger partial charge in [-0.3, -0.25) is 18.7 Å². The molecule has 0 bridgehead atoms. The van der Waals surface area contributed by atoms with E-state index >= 15 is 0 Å². The Morgan fingerprint density at radius 3 is 2.12 bits per heavy atom. The maximum atomic E-state index is 12.5. The van der Waals surface area contributed by atoms with Crippen molar-refractivity contribution in [1.29, 1.82) is 0 Å². The Morgan fingerprint density at radius 2 is 1.82 bits per heavy atom. The highest BCUT2D eigenvalue weighted by Gasteiger charge is 2.32. The molecule has 0 unspecified atom stereocenters. The van der Waals surface area contributed by atoms with Crippen LogP contribution in [0.2, 0.25) is 0 Å². The van der Waals surface area contributed by atoms with Crippen LogP contribution in [0.4, 0.5) is 0 Å². The Hall–Kier alpha value is -0.0300. The van der Waals surface area contributed by atoms with E-state index in [1.807, 2.05) is 20.1 Å². The number of rotatable bonds is 6. The van der Waals surface area contributed by atoms with E-state index in [1.165, 1.54) is 16.4 Å². The van der Waals surface area contributed by atoms with Crippen LogP contribution in [0, 0.1) is 0 Å². The lowest BCUT2D eigenvalue weighted by molar-refractivity contribution is 0.195. The Balaban J connectivity index is 5.04. The van der Waals surface area contributed by atoms with Gasteiger partial charge in [0.1, 0.15) is 0 Å². The van der Waals surface area contributed by atoms with E-state index in [0.29, 0.717) is 18.4 Å². The van der Waals surface area contributed by atoms with Crippen LogP contribution < -0.4 is 0 Å². The van der Waals surface area contributed by atoms with E-state index in [2.05, 4.69) is 4.99 Å². The first-order valence-corrected chi connectivity index (χ1v) is 8.38. The number of thioether (sulfide) groups is 1. The van der Waals surface area contributed by atoms with Crippen molar-refractivity contribution in [1.82, 2.24) is 4.67 Å². The van der Waals surface area contributed by atoms with Crippen molar-refractivity contribution in [2.75, 3.05) is 26.5 Å². The largest absolute Gasteiger partial charge is 0.436 e. The van der Waals surface area contributed by atoms with Gasteiger partial charge in [-0.1, -0.05) is 11.8 Å². The van der Waals surface area contributed by atoms with Crippen LogP contribution in [0.15, 0.2) is 4.99 Å². The molecule has 7 heteroatoms. The number of hydrogen-bond acceptors (Lipinski definition) is 5. The lowest BCUT2D eigenvalue weighted by Crippen LogP contribution is -2.24. The third-order valence-corrected chi connectivity index (χ3v) is 4.75. The monoisotopic (exact) mass is 282 g/mol. The lowest BCUT2D eigenvalue weighted by atomic mass is 10.4. The average Bonchev–Trinajstić information content (AvgIpc) is 2.25. The molecule has 102 valence electrons. The Bertz CT molecular complexity index is 287. The van der Waals surface area contributed by atoms with Gasteiger partial charge >= 0.3 is 7.75 Å². The molecule has 0 aliphatic heterocycles. The quantitative estimate of drug-likeness (QED) is 0.425. The molecule has 0 aliphatic carbocycles. The van der Waals surface area contributed by atoms with Crippen molar-refractivity contribution in [3.63, 3.8) is 0 Å². The van der Waals surface area contributed by atoms with Gasteiger partial charge in [0.05, 0.1) is 13.2 Å². The van der Waals surface area contributed by atoms with E-state index in [9.17, 15) is 4.57 Å². The van der Waals surface area contributed by atoms with E-state index < -0.39 is 7.75 Å². The van der Waals surface area contributed by atoms with Gasteiger partial charge in [0.25, 0.3) is 0 Å². The predicted molar refractivity (Wildman–Crippen MR) is 74.7 cm³/mol. The fourth-order valence-electron chi connectivity index (χ4n) is 1.13. The minimum Gasteiger partial charge on any atom is -0.292 e. The van der Waals surface area contributed by atoms with Crippen molar-refractivity contribution < 1.29 is 13.6 Å². The molecule has 0 fully saturated rings. The fraction of sp³-hybridized carbons (Fsp3) is 0.900. The second-order valence-electron chi connectivity index (χ2n) is 3.54. The summed E-state index contributed by atoms with van der Waals surface area (Å²) in [5.41, 5.74) is 0. The molecule has 0 aromatic heterocycles. The zero-order chi connectivity index (χ0) is 13.5. The van der Waals surface area contributed by atoms with Gasteiger partial charge in [0.15, 0.2) is 5.17 Å². The smallest absolute Gasteiger partial charge is 0.292 e. The normalized spacial score (nSPS) is 13.2. The van der Waals surface area contributed by atoms with Gasteiger partial charge in [0, 0.05) is 13.1 Å². The second kappa shape index (κ2) is 8.14. The lowest BCUT2D eigenvalue weighted by Gasteiger charge is -2.28. The second-order valence-corrected chi connectivity index (χ2v) is 6.36. The summed E-state index contributed by atoms with van der Waals surface area (Å²) in [6, 6.07) is 0.136. The standard InChI is InChI=1S/C10H23N2O3PS/c1-7-14-16(13,15-8-2)12(5)10(17-6)11-9(3)4/h9H,7-8H2,1-6H3. The van der Waals surface area contributed by atoms with Gasteiger partial charge in [-0.05, 0) is 34.0 Å². The molecular weight excluding hydrogens is 259 g/mol. The molecule has 17 heavy (non-hydrogen) atoms. The molecule has 0 radical (unpaired) electrons. The van der Waals surface area contributed by atoms with Crippen LogP contribution in [0.3, 0.4) is 0 Å². The Labute approximate surface area is 109 Å². The van der Waals surface area contributed by atoms with Gasteiger partial charge in [0.2, 0.25) is 0 Å². The average molecular weight is 282 g/mol. The highest BCUT2D eigenvalue weighted by Crippen LogP contribution is 2.51. The zero-order valence-corrected chi connectivity index (χ0v) is 13.2. The fourth-order valence-corrected chi connectivity index (χ4v) is 3.59. The number of nitrogens with zero attached hydrogens (tertiary/aromatic N) is 2. The number of aliphatic imine (C=N–C) groups is 1. The molecule has 0 aromatic rings. The summed E-state index contributed by atoms with van der Waals surface area (Å²) in [4.78, 5) is 4.40. The van der Waals surface area contributed by atoms with E-state index in [-0.39, 0.29) is 6.04 Å². The summed E-state index contributed by atoms with van der Waals surface area (Å²) in [7, 11) is -1.57. The Kier molecular flexibility index (Phi) is 8.12. The summed E-state index contributed by atoms with van der Waals surface area (Å²) in [5.74, 6) is 0. The van der Waals surface area contributed by atoms with Crippen LogP contribution in [0.5, 0.6) is 0 Å². The molecule has 0 spiro atoms. The molecule has 0 N–H and O–H groups in total. The van der Waals surface area contributed by atoms with Gasteiger partial charge < -0.3 is 0 Å². The molecule has 0 saturated carbocycles. The molecule has 0 rings (SSSR count). The van der Waals surface area contributed by atoms with Gasteiger partial charge in [-0.15, -0.1) is 0 Å². The van der Waals surface area contributed by atoms with Crippen LogP contribution in [-0.4, -0.2) is 42.4 Å². The molecule has 0 atom stereocenters.